The zero-order chi connectivity index (χ0) is 13.9. The lowest BCUT2D eigenvalue weighted by atomic mass is 10.1. The van der Waals surface area contributed by atoms with Crippen LogP contribution in [-0.4, -0.2) is 5.17 Å². The van der Waals surface area contributed by atoms with E-state index in [4.69, 9.17) is 11.6 Å². The van der Waals surface area contributed by atoms with Crippen molar-refractivity contribution in [2.24, 2.45) is 4.99 Å². The summed E-state index contributed by atoms with van der Waals surface area (Å²) >= 11 is 5.98. The Kier molecular flexibility index (Phi) is 3.90. The Bertz CT molecular complexity index is 574. The number of benzene rings is 2. The molecule has 0 atom stereocenters. The largest absolute Gasteiger partial charge is 0.416 e. The Balaban J connectivity index is 2.25. The molecule has 0 spiro atoms. The molecule has 0 unspecified atom stereocenters. The molecule has 0 aliphatic rings. The summed E-state index contributed by atoms with van der Waals surface area (Å²) < 4.78 is 37.2. The Labute approximate surface area is 113 Å². The van der Waals surface area contributed by atoms with Gasteiger partial charge in [-0.3, -0.25) is 0 Å². The predicted molar refractivity (Wildman–Crippen MR) is 69.9 cm³/mol. The topological polar surface area (TPSA) is 12.4 Å². The molecule has 1 nitrogen and oxygen atoms in total. The highest BCUT2D eigenvalue weighted by atomic mass is 35.5. The van der Waals surface area contributed by atoms with Gasteiger partial charge in [0, 0.05) is 5.56 Å². The van der Waals surface area contributed by atoms with Crippen LogP contribution in [0.25, 0.3) is 0 Å². The van der Waals surface area contributed by atoms with E-state index < -0.39 is 11.7 Å². The molecule has 2 aromatic carbocycles. The molecule has 0 saturated carbocycles. The molecule has 0 saturated heterocycles. The molecular formula is C14H9ClF3N. The molecule has 98 valence electrons. The van der Waals surface area contributed by atoms with Gasteiger partial charge in [0.2, 0.25) is 0 Å². The number of halogens is 4. The third-order valence-electron chi connectivity index (χ3n) is 2.43. The molecule has 0 aliphatic carbocycles. The maximum atomic E-state index is 12.4. The van der Waals surface area contributed by atoms with E-state index in [1.54, 1.807) is 24.3 Å². The second-order valence-corrected chi connectivity index (χ2v) is 4.17. The molecule has 0 radical (unpaired) electrons. The van der Waals surface area contributed by atoms with Crippen LogP contribution < -0.4 is 0 Å². The van der Waals surface area contributed by atoms with Gasteiger partial charge in [0.25, 0.3) is 0 Å². The van der Waals surface area contributed by atoms with E-state index in [1.807, 2.05) is 6.07 Å². The third kappa shape index (κ3) is 3.58. The van der Waals surface area contributed by atoms with Gasteiger partial charge in [-0.15, -0.1) is 0 Å². The van der Waals surface area contributed by atoms with E-state index >= 15 is 0 Å². The van der Waals surface area contributed by atoms with Crippen LogP contribution >= 0.6 is 11.6 Å². The Morgan fingerprint density at radius 2 is 1.47 bits per heavy atom. The third-order valence-corrected chi connectivity index (χ3v) is 2.74. The lowest BCUT2D eigenvalue weighted by molar-refractivity contribution is -0.137. The molecule has 0 amide bonds. The first-order valence-electron chi connectivity index (χ1n) is 5.44. The maximum absolute atomic E-state index is 12.4. The molecule has 5 heteroatoms. The summed E-state index contributed by atoms with van der Waals surface area (Å²) in [7, 11) is 0. The van der Waals surface area contributed by atoms with Gasteiger partial charge >= 0.3 is 6.18 Å². The van der Waals surface area contributed by atoms with Gasteiger partial charge in [-0.25, -0.2) is 4.99 Å². The fourth-order valence-electron chi connectivity index (χ4n) is 1.48. The summed E-state index contributed by atoms with van der Waals surface area (Å²) in [4.78, 5) is 4.12. The lowest BCUT2D eigenvalue weighted by Gasteiger charge is -2.06. The second kappa shape index (κ2) is 5.45. The fourth-order valence-corrected chi connectivity index (χ4v) is 1.70. The highest BCUT2D eigenvalue weighted by Crippen LogP contribution is 2.29. The summed E-state index contributed by atoms with van der Waals surface area (Å²) in [5.41, 5.74) is 0.381. The van der Waals surface area contributed by atoms with E-state index in [0.29, 0.717) is 11.3 Å². The molecule has 0 fully saturated rings. The van der Waals surface area contributed by atoms with E-state index in [0.717, 1.165) is 12.1 Å². The van der Waals surface area contributed by atoms with Crippen LogP contribution in [0.2, 0.25) is 0 Å². The van der Waals surface area contributed by atoms with Crippen LogP contribution in [0.3, 0.4) is 0 Å². The van der Waals surface area contributed by atoms with Crippen molar-refractivity contribution < 1.29 is 13.2 Å². The number of hydrogen-bond acceptors (Lipinski definition) is 1. The SMILES string of the molecule is FC(F)(F)c1ccc(C(Cl)=Nc2ccccc2)cc1. The van der Waals surface area contributed by atoms with Gasteiger partial charge in [0.05, 0.1) is 11.3 Å². The Morgan fingerprint density at radius 3 is 2.00 bits per heavy atom. The van der Waals surface area contributed by atoms with Crippen molar-refractivity contribution >= 4 is 22.5 Å². The summed E-state index contributed by atoms with van der Waals surface area (Å²) in [6, 6.07) is 13.5. The summed E-state index contributed by atoms with van der Waals surface area (Å²) in [6.45, 7) is 0. The molecule has 0 heterocycles. The highest BCUT2D eigenvalue weighted by Gasteiger charge is 2.30. The van der Waals surface area contributed by atoms with Crippen LogP contribution in [0.15, 0.2) is 59.6 Å². The molecule has 0 aromatic heterocycles. The van der Waals surface area contributed by atoms with Crippen molar-refractivity contribution in [3.63, 3.8) is 0 Å². The minimum atomic E-state index is -4.35. The van der Waals surface area contributed by atoms with Crippen LogP contribution in [-0.2, 0) is 6.18 Å². The zero-order valence-electron chi connectivity index (χ0n) is 9.66. The predicted octanol–water partition coefficient (Wildman–Crippen LogP) is 5.02. The van der Waals surface area contributed by atoms with Gasteiger partial charge in [-0.05, 0) is 24.3 Å². The van der Waals surface area contributed by atoms with E-state index in [2.05, 4.69) is 4.99 Å². The quantitative estimate of drug-likeness (QED) is 0.686. The maximum Gasteiger partial charge on any atom is 0.416 e. The lowest BCUT2D eigenvalue weighted by Crippen LogP contribution is -2.04. The number of aliphatic imine (C=N–C) groups is 1. The van der Waals surface area contributed by atoms with Crippen molar-refractivity contribution in [1.82, 2.24) is 0 Å². The van der Waals surface area contributed by atoms with Crippen molar-refractivity contribution in [3.05, 3.63) is 65.7 Å². The van der Waals surface area contributed by atoms with Crippen molar-refractivity contribution in [1.29, 1.82) is 0 Å². The molecule has 0 aliphatic heterocycles. The molecule has 2 rings (SSSR count). The van der Waals surface area contributed by atoms with Crippen LogP contribution in [0.1, 0.15) is 11.1 Å². The van der Waals surface area contributed by atoms with Crippen LogP contribution in [0, 0.1) is 0 Å². The summed E-state index contributed by atoms with van der Waals surface area (Å²) in [5, 5.41) is 0.153. The van der Waals surface area contributed by atoms with Gasteiger partial charge in [-0.2, -0.15) is 13.2 Å². The average Bonchev–Trinajstić information content (AvgIpc) is 2.39. The Hall–Kier alpha value is -1.81. The molecule has 2 aromatic rings. The first-order valence-corrected chi connectivity index (χ1v) is 5.81. The van der Waals surface area contributed by atoms with E-state index in [1.165, 1.54) is 12.1 Å². The van der Waals surface area contributed by atoms with E-state index in [-0.39, 0.29) is 5.17 Å². The first kappa shape index (κ1) is 13.6. The average molecular weight is 284 g/mol. The second-order valence-electron chi connectivity index (χ2n) is 3.81. The summed E-state index contributed by atoms with van der Waals surface area (Å²) in [6.07, 6.45) is -4.35. The van der Waals surface area contributed by atoms with Crippen molar-refractivity contribution in [2.75, 3.05) is 0 Å². The minimum Gasteiger partial charge on any atom is -0.236 e. The summed E-state index contributed by atoms with van der Waals surface area (Å²) in [5.74, 6) is 0. The Morgan fingerprint density at radius 1 is 0.895 bits per heavy atom. The van der Waals surface area contributed by atoms with Crippen molar-refractivity contribution in [2.45, 2.75) is 6.18 Å². The van der Waals surface area contributed by atoms with Crippen LogP contribution in [0.5, 0.6) is 0 Å². The van der Waals surface area contributed by atoms with Crippen LogP contribution in [0.4, 0.5) is 18.9 Å². The van der Waals surface area contributed by atoms with Crippen molar-refractivity contribution in [3.8, 4) is 0 Å². The minimum absolute atomic E-state index is 0.153. The first-order chi connectivity index (χ1) is 8.97. The highest BCUT2D eigenvalue weighted by molar-refractivity contribution is 6.69. The normalized spacial score (nSPS) is 12.5. The number of rotatable bonds is 2. The fraction of sp³-hybridized carbons (Fsp3) is 0.0714. The molecular weight excluding hydrogens is 275 g/mol. The smallest absolute Gasteiger partial charge is 0.236 e. The van der Waals surface area contributed by atoms with E-state index in [9.17, 15) is 13.2 Å². The van der Waals surface area contributed by atoms with Gasteiger partial charge in [-0.1, -0.05) is 41.9 Å². The number of nitrogens with zero attached hydrogens (tertiary/aromatic N) is 1. The van der Waals surface area contributed by atoms with Gasteiger partial charge in [0.1, 0.15) is 5.17 Å². The molecule has 19 heavy (non-hydrogen) atoms. The number of hydrogen-bond donors (Lipinski definition) is 0. The monoisotopic (exact) mass is 283 g/mol. The van der Waals surface area contributed by atoms with Gasteiger partial charge in [0.15, 0.2) is 0 Å². The van der Waals surface area contributed by atoms with Gasteiger partial charge < -0.3 is 0 Å². The standard InChI is InChI=1S/C14H9ClF3N/c15-13(19-12-4-2-1-3-5-12)10-6-8-11(9-7-10)14(16,17)18/h1-9H. The number of alkyl halides is 3. The molecule has 0 bridgehead atoms. The number of para-hydroxylation sites is 1. The zero-order valence-corrected chi connectivity index (χ0v) is 10.4. The molecule has 0 N–H and O–H groups in total.